The molecule has 8 heteroatoms. The van der Waals surface area contributed by atoms with Crippen molar-refractivity contribution in [2.75, 3.05) is 40.3 Å². The first-order valence-corrected chi connectivity index (χ1v) is 8.91. The van der Waals surface area contributed by atoms with E-state index in [0.717, 1.165) is 31.7 Å². The highest BCUT2D eigenvalue weighted by molar-refractivity contribution is 5.79. The van der Waals surface area contributed by atoms with E-state index in [0.29, 0.717) is 12.5 Å². The van der Waals surface area contributed by atoms with E-state index >= 15 is 0 Å². The van der Waals surface area contributed by atoms with Gasteiger partial charge in [-0.3, -0.25) is 4.99 Å². The molecule has 0 radical (unpaired) electrons. The summed E-state index contributed by atoms with van der Waals surface area (Å²) in [6.07, 6.45) is 3.87. The van der Waals surface area contributed by atoms with Crippen LogP contribution in [0, 0.1) is 0 Å². The third kappa shape index (κ3) is 6.67. The van der Waals surface area contributed by atoms with Crippen LogP contribution in [0.15, 0.2) is 23.2 Å². The van der Waals surface area contributed by atoms with E-state index in [1.165, 1.54) is 26.4 Å². The van der Waals surface area contributed by atoms with Crippen molar-refractivity contribution in [1.82, 2.24) is 15.5 Å². The molecular weight excluding hydrogens is 342 g/mol. The quantitative estimate of drug-likeness (QED) is 0.544. The zero-order valence-electron chi connectivity index (χ0n) is 15.4. The van der Waals surface area contributed by atoms with E-state index in [2.05, 4.69) is 25.3 Å². The monoisotopic (exact) mass is 370 g/mol. The summed E-state index contributed by atoms with van der Waals surface area (Å²) < 4.78 is 34.6. The van der Waals surface area contributed by atoms with E-state index in [1.807, 2.05) is 0 Å². The average molecular weight is 370 g/mol. The lowest BCUT2D eigenvalue weighted by atomic mass is 10.1. The number of halogens is 2. The number of hydrogen-bond donors (Lipinski definition) is 2. The van der Waals surface area contributed by atoms with Crippen molar-refractivity contribution < 1.29 is 18.3 Å². The minimum atomic E-state index is -2.89. The zero-order chi connectivity index (χ0) is 18.8. The molecule has 1 heterocycles. The van der Waals surface area contributed by atoms with E-state index < -0.39 is 6.61 Å². The number of piperidine rings is 1. The molecular formula is C18H28F2N4O2. The SMILES string of the molecule is CN=C(NCCN1CCCCC1)NCc1ccc(OC)c(OC(F)F)c1. The van der Waals surface area contributed by atoms with E-state index in [9.17, 15) is 8.78 Å². The summed E-state index contributed by atoms with van der Waals surface area (Å²) in [7, 11) is 3.12. The van der Waals surface area contributed by atoms with Crippen molar-refractivity contribution in [3.8, 4) is 11.5 Å². The van der Waals surface area contributed by atoms with Crippen LogP contribution in [0.5, 0.6) is 11.5 Å². The average Bonchev–Trinajstić information content (AvgIpc) is 2.65. The third-order valence-electron chi connectivity index (χ3n) is 4.30. The van der Waals surface area contributed by atoms with Gasteiger partial charge in [-0.25, -0.2) is 0 Å². The van der Waals surface area contributed by atoms with Crippen molar-refractivity contribution in [1.29, 1.82) is 0 Å². The summed E-state index contributed by atoms with van der Waals surface area (Å²) in [4.78, 5) is 6.64. The van der Waals surface area contributed by atoms with Crippen LogP contribution in [0.4, 0.5) is 8.78 Å². The van der Waals surface area contributed by atoms with Crippen LogP contribution in [0.2, 0.25) is 0 Å². The fourth-order valence-electron chi connectivity index (χ4n) is 2.94. The molecule has 0 atom stereocenters. The Hall–Kier alpha value is -2.09. The van der Waals surface area contributed by atoms with Crippen molar-refractivity contribution >= 4 is 5.96 Å². The van der Waals surface area contributed by atoms with E-state index in [-0.39, 0.29) is 11.5 Å². The van der Waals surface area contributed by atoms with Gasteiger partial charge in [-0.2, -0.15) is 8.78 Å². The summed E-state index contributed by atoms with van der Waals surface area (Å²) in [5.74, 6) is 0.974. The smallest absolute Gasteiger partial charge is 0.387 e. The van der Waals surface area contributed by atoms with Crippen molar-refractivity contribution in [2.24, 2.45) is 4.99 Å². The molecule has 0 aliphatic carbocycles. The highest BCUT2D eigenvalue weighted by atomic mass is 19.3. The van der Waals surface area contributed by atoms with E-state index in [1.54, 1.807) is 25.2 Å². The molecule has 1 fully saturated rings. The number of benzene rings is 1. The van der Waals surface area contributed by atoms with Crippen LogP contribution in [0.1, 0.15) is 24.8 Å². The molecule has 26 heavy (non-hydrogen) atoms. The largest absolute Gasteiger partial charge is 0.493 e. The molecule has 1 saturated heterocycles. The van der Waals surface area contributed by atoms with Crippen molar-refractivity contribution in [3.05, 3.63) is 23.8 Å². The number of alkyl halides is 2. The number of nitrogens with one attached hydrogen (secondary N) is 2. The number of likely N-dealkylation sites (tertiary alicyclic amines) is 1. The topological polar surface area (TPSA) is 58.1 Å². The van der Waals surface area contributed by atoms with Crippen LogP contribution in [-0.4, -0.2) is 57.8 Å². The number of aliphatic imine (C=N–C) groups is 1. The second-order valence-electron chi connectivity index (χ2n) is 6.12. The fraction of sp³-hybridized carbons (Fsp3) is 0.611. The summed E-state index contributed by atoms with van der Waals surface area (Å²) in [5, 5.41) is 6.46. The second kappa shape index (κ2) is 10.8. The van der Waals surface area contributed by atoms with E-state index in [4.69, 9.17) is 4.74 Å². The number of methoxy groups -OCH3 is 1. The normalized spacial score (nSPS) is 15.8. The summed E-state index contributed by atoms with van der Waals surface area (Å²) in [6.45, 7) is 1.65. The predicted molar refractivity (Wildman–Crippen MR) is 98.1 cm³/mol. The summed E-state index contributed by atoms with van der Waals surface area (Å²) >= 11 is 0. The summed E-state index contributed by atoms with van der Waals surface area (Å²) in [6, 6.07) is 4.95. The lowest BCUT2D eigenvalue weighted by molar-refractivity contribution is -0.0512. The fourth-order valence-corrected chi connectivity index (χ4v) is 2.94. The van der Waals surface area contributed by atoms with Crippen molar-refractivity contribution in [3.63, 3.8) is 0 Å². The minimum absolute atomic E-state index is 0.0230. The maximum Gasteiger partial charge on any atom is 0.387 e. The van der Waals surface area contributed by atoms with Gasteiger partial charge in [0, 0.05) is 26.7 Å². The van der Waals surface area contributed by atoms with Crippen LogP contribution in [-0.2, 0) is 6.54 Å². The Bertz CT molecular complexity index is 578. The molecule has 0 aromatic heterocycles. The minimum Gasteiger partial charge on any atom is -0.493 e. The highest BCUT2D eigenvalue weighted by Crippen LogP contribution is 2.29. The van der Waals surface area contributed by atoms with Crippen molar-refractivity contribution in [2.45, 2.75) is 32.4 Å². The second-order valence-corrected chi connectivity index (χ2v) is 6.12. The molecule has 0 saturated carbocycles. The van der Waals surface area contributed by atoms with Gasteiger partial charge in [-0.1, -0.05) is 12.5 Å². The van der Waals surface area contributed by atoms with Gasteiger partial charge in [0.15, 0.2) is 17.5 Å². The zero-order valence-corrected chi connectivity index (χ0v) is 15.4. The van der Waals surface area contributed by atoms with Gasteiger partial charge in [-0.15, -0.1) is 0 Å². The molecule has 1 aliphatic rings. The molecule has 146 valence electrons. The molecule has 2 rings (SSSR count). The third-order valence-corrected chi connectivity index (χ3v) is 4.30. The van der Waals surface area contributed by atoms with Gasteiger partial charge < -0.3 is 25.0 Å². The van der Waals surface area contributed by atoms with Crippen LogP contribution >= 0.6 is 0 Å². The standard InChI is InChI=1S/C18H28F2N4O2/c1-21-18(22-8-11-24-9-4-3-5-10-24)23-13-14-6-7-15(25-2)16(12-14)26-17(19)20/h6-7,12,17H,3-5,8-11,13H2,1-2H3,(H2,21,22,23). The molecule has 1 aliphatic heterocycles. The molecule has 0 bridgehead atoms. The van der Waals surface area contributed by atoms with Gasteiger partial charge in [-0.05, 0) is 43.6 Å². The molecule has 6 nitrogen and oxygen atoms in total. The predicted octanol–water partition coefficient (Wildman–Crippen LogP) is 2.45. The lowest BCUT2D eigenvalue weighted by Gasteiger charge is -2.26. The Balaban J connectivity index is 1.81. The summed E-state index contributed by atoms with van der Waals surface area (Å²) in [5.41, 5.74) is 0.792. The van der Waals surface area contributed by atoms with Gasteiger partial charge in [0.2, 0.25) is 0 Å². The Labute approximate surface area is 153 Å². The lowest BCUT2D eigenvalue weighted by Crippen LogP contribution is -2.42. The number of nitrogens with zero attached hydrogens (tertiary/aromatic N) is 2. The Kier molecular flexibility index (Phi) is 8.40. The van der Waals surface area contributed by atoms with Gasteiger partial charge in [0.1, 0.15) is 0 Å². The molecule has 1 aromatic carbocycles. The van der Waals surface area contributed by atoms with Gasteiger partial charge in [0.25, 0.3) is 0 Å². The molecule has 1 aromatic rings. The molecule has 2 N–H and O–H groups in total. The van der Waals surface area contributed by atoms with Crippen LogP contribution in [0.3, 0.4) is 0 Å². The molecule has 0 amide bonds. The maximum absolute atomic E-state index is 12.5. The Morgan fingerprint density at radius 1 is 1.19 bits per heavy atom. The number of ether oxygens (including phenoxy) is 2. The number of guanidine groups is 1. The number of hydrogen-bond acceptors (Lipinski definition) is 4. The first-order chi connectivity index (χ1) is 12.6. The first-order valence-electron chi connectivity index (χ1n) is 8.91. The first kappa shape index (κ1) is 20.2. The maximum atomic E-state index is 12.5. The van der Waals surface area contributed by atoms with Crippen LogP contribution in [0.25, 0.3) is 0 Å². The van der Waals surface area contributed by atoms with Gasteiger partial charge in [0.05, 0.1) is 7.11 Å². The Morgan fingerprint density at radius 3 is 2.62 bits per heavy atom. The molecule has 0 spiro atoms. The molecule has 0 unspecified atom stereocenters. The number of rotatable bonds is 8. The highest BCUT2D eigenvalue weighted by Gasteiger charge is 2.12. The van der Waals surface area contributed by atoms with Gasteiger partial charge >= 0.3 is 6.61 Å². The van der Waals surface area contributed by atoms with Crippen LogP contribution < -0.4 is 20.1 Å². The Morgan fingerprint density at radius 2 is 1.96 bits per heavy atom.